The van der Waals surface area contributed by atoms with Gasteiger partial charge >= 0.3 is 6.09 Å². The fraction of sp³-hybridized carbons (Fsp3) is 0.652. The summed E-state index contributed by atoms with van der Waals surface area (Å²) < 4.78 is 13.8. The van der Waals surface area contributed by atoms with E-state index in [0.29, 0.717) is 26.3 Å². The van der Waals surface area contributed by atoms with Crippen LogP contribution in [0.25, 0.3) is 11.0 Å². The number of amides is 1. The maximum atomic E-state index is 12.0. The molecular weight excluding hydrogens is 408 g/mol. The van der Waals surface area contributed by atoms with E-state index < -0.39 is 8.32 Å². The summed E-state index contributed by atoms with van der Waals surface area (Å²) in [6, 6.07) is 8.52. The summed E-state index contributed by atoms with van der Waals surface area (Å²) in [5, 5.41) is 3.83. The maximum absolute atomic E-state index is 12.0. The van der Waals surface area contributed by atoms with Crippen LogP contribution in [0.2, 0.25) is 18.1 Å². The van der Waals surface area contributed by atoms with Crippen LogP contribution in [0, 0.1) is 0 Å². The number of imidazole rings is 1. The van der Waals surface area contributed by atoms with Crippen LogP contribution in [0.1, 0.15) is 40.5 Å². The Labute approximate surface area is 187 Å². The minimum absolute atomic E-state index is 0.192. The van der Waals surface area contributed by atoms with Gasteiger partial charge in [0.25, 0.3) is 0 Å². The molecule has 0 aliphatic carbocycles. The van der Waals surface area contributed by atoms with E-state index in [9.17, 15) is 4.79 Å². The number of likely N-dealkylation sites (tertiary alicyclic amines) is 1. The normalized spacial score (nSPS) is 16.0. The number of nitrogens with one attached hydrogen (secondary N) is 1. The van der Waals surface area contributed by atoms with Gasteiger partial charge in [0.1, 0.15) is 0 Å². The molecule has 1 aromatic carbocycles. The Morgan fingerprint density at radius 1 is 1.23 bits per heavy atom. The summed E-state index contributed by atoms with van der Waals surface area (Å²) in [6.45, 7) is 16.5. The van der Waals surface area contributed by atoms with Crippen molar-refractivity contribution < 1.29 is 14.0 Å². The van der Waals surface area contributed by atoms with Crippen LogP contribution in [0.4, 0.5) is 10.7 Å². The van der Waals surface area contributed by atoms with Crippen molar-refractivity contribution in [2.45, 2.75) is 71.3 Å². The molecule has 0 atom stereocenters. The molecule has 1 saturated heterocycles. The van der Waals surface area contributed by atoms with Crippen LogP contribution in [0.15, 0.2) is 24.3 Å². The van der Waals surface area contributed by atoms with E-state index >= 15 is 0 Å². The number of carbonyl (C=O) groups is 1. The van der Waals surface area contributed by atoms with Crippen LogP contribution < -0.4 is 5.32 Å². The summed E-state index contributed by atoms with van der Waals surface area (Å²) in [5.74, 6) is 0.884. The van der Waals surface area contributed by atoms with E-state index in [1.54, 1.807) is 4.90 Å². The highest BCUT2D eigenvalue weighted by Gasteiger charge is 2.37. The zero-order valence-corrected chi connectivity index (χ0v) is 20.9. The lowest BCUT2D eigenvalue weighted by Gasteiger charge is -2.36. The van der Waals surface area contributed by atoms with E-state index in [-0.39, 0.29) is 17.2 Å². The monoisotopic (exact) mass is 446 g/mol. The van der Waals surface area contributed by atoms with Crippen molar-refractivity contribution in [2.24, 2.45) is 0 Å². The first kappa shape index (κ1) is 23.6. The lowest BCUT2D eigenvalue weighted by molar-refractivity contribution is 0.0983. The number of hydrogen-bond acceptors (Lipinski definition) is 5. The Balaban J connectivity index is 1.68. The molecule has 1 aromatic heterocycles. The topological polar surface area (TPSA) is 68.6 Å². The predicted octanol–water partition coefficient (Wildman–Crippen LogP) is 5.09. The summed E-state index contributed by atoms with van der Waals surface area (Å²) >= 11 is 0. The number of aromatic nitrogens is 2. The molecule has 1 amide bonds. The molecule has 7 nitrogen and oxygen atoms in total. The van der Waals surface area contributed by atoms with Crippen molar-refractivity contribution in [3.63, 3.8) is 0 Å². The summed E-state index contributed by atoms with van der Waals surface area (Å²) in [5.41, 5.74) is 2.11. The van der Waals surface area contributed by atoms with Crippen LogP contribution in [0.3, 0.4) is 0 Å². The second-order valence-electron chi connectivity index (χ2n) is 9.79. The SMILES string of the molecule is CCOC(=O)N1CCC(Nc2nc3ccccc3n2CCO[Si](C)(C)C(C)(C)C)CC1. The van der Waals surface area contributed by atoms with E-state index in [1.165, 1.54) is 0 Å². The molecule has 2 heterocycles. The quantitative estimate of drug-likeness (QED) is 0.600. The zero-order chi connectivity index (χ0) is 22.6. The third-order valence-electron chi connectivity index (χ3n) is 6.59. The van der Waals surface area contributed by atoms with Crippen molar-refractivity contribution in [1.82, 2.24) is 14.5 Å². The standard InChI is InChI=1S/C23H38N4O3Si/c1-7-29-22(28)26-14-12-18(13-15-26)24-21-25-19-10-8-9-11-20(19)27(21)16-17-30-31(5,6)23(2,3)4/h8-11,18H,7,12-17H2,1-6H3,(H,24,25). The van der Waals surface area contributed by atoms with Crippen molar-refractivity contribution >= 4 is 31.4 Å². The number of ether oxygens (including phenoxy) is 1. The number of rotatable bonds is 7. The molecular formula is C23H38N4O3Si. The van der Waals surface area contributed by atoms with Crippen molar-refractivity contribution in [3.8, 4) is 0 Å². The van der Waals surface area contributed by atoms with Crippen LogP contribution in [-0.4, -0.2) is 61.2 Å². The predicted molar refractivity (Wildman–Crippen MR) is 128 cm³/mol. The van der Waals surface area contributed by atoms with E-state index in [2.05, 4.69) is 61.9 Å². The third kappa shape index (κ3) is 5.60. The Morgan fingerprint density at radius 3 is 2.55 bits per heavy atom. The number of carbonyl (C=O) groups excluding carboxylic acids is 1. The summed E-state index contributed by atoms with van der Waals surface area (Å²) in [7, 11) is -1.79. The highest BCUT2D eigenvalue weighted by Crippen LogP contribution is 2.36. The summed E-state index contributed by atoms with van der Waals surface area (Å²) in [6.07, 6.45) is 1.54. The van der Waals surface area contributed by atoms with Gasteiger partial charge in [-0.2, -0.15) is 0 Å². The number of hydrogen-bond donors (Lipinski definition) is 1. The van der Waals surface area contributed by atoms with Crippen LogP contribution >= 0.6 is 0 Å². The molecule has 1 fully saturated rings. The largest absolute Gasteiger partial charge is 0.450 e. The number of benzene rings is 1. The molecule has 0 spiro atoms. The fourth-order valence-corrected chi connectivity index (χ4v) is 4.66. The fourth-order valence-electron chi connectivity index (χ4n) is 3.62. The molecule has 2 aromatic rings. The molecule has 1 aliphatic heterocycles. The highest BCUT2D eigenvalue weighted by atomic mass is 28.4. The molecule has 172 valence electrons. The third-order valence-corrected chi connectivity index (χ3v) is 11.1. The van der Waals surface area contributed by atoms with E-state index in [4.69, 9.17) is 14.1 Å². The van der Waals surface area contributed by atoms with Gasteiger partial charge in [0.2, 0.25) is 5.95 Å². The number of nitrogens with zero attached hydrogens (tertiary/aromatic N) is 3. The molecule has 1 N–H and O–H groups in total. The van der Waals surface area contributed by atoms with Crippen molar-refractivity contribution in [1.29, 1.82) is 0 Å². The lowest BCUT2D eigenvalue weighted by atomic mass is 10.1. The second kappa shape index (κ2) is 9.61. The minimum atomic E-state index is -1.79. The average Bonchev–Trinajstić information content (AvgIpc) is 3.05. The molecule has 0 unspecified atom stereocenters. The number of anilines is 1. The van der Waals surface area contributed by atoms with Gasteiger partial charge in [0.05, 0.1) is 24.2 Å². The van der Waals surface area contributed by atoms with E-state index in [1.807, 2.05) is 13.0 Å². The molecule has 3 rings (SSSR count). The van der Waals surface area contributed by atoms with Gasteiger partial charge in [-0.1, -0.05) is 32.9 Å². The first-order valence-electron chi connectivity index (χ1n) is 11.4. The number of para-hydroxylation sites is 2. The number of fused-ring (bicyclic) bond motifs is 1. The van der Waals surface area contributed by atoms with Crippen LogP contribution in [-0.2, 0) is 15.7 Å². The molecule has 31 heavy (non-hydrogen) atoms. The first-order chi connectivity index (χ1) is 14.6. The molecule has 0 saturated carbocycles. The smallest absolute Gasteiger partial charge is 0.409 e. The van der Waals surface area contributed by atoms with Gasteiger partial charge in [-0.3, -0.25) is 0 Å². The Hall–Kier alpha value is -2.06. The molecule has 0 bridgehead atoms. The van der Waals surface area contributed by atoms with Crippen molar-refractivity contribution in [2.75, 3.05) is 31.6 Å². The van der Waals surface area contributed by atoms with Crippen molar-refractivity contribution in [3.05, 3.63) is 24.3 Å². The molecule has 8 heteroatoms. The summed E-state index contributed by atoms with van der Waals surface area (Å²) in [4.78, 5) is 18.6. The van der Waals surface area contributed by atoms with Gasteiger partial charge < -0.3 is 23.9 Å². The maximum Gasteiger partial charge on any atom is 0.409 e. The average molecular weight is 447 g/mol. The first-order valence-corrected chi connectivity index (χ1v) is 14.3. The van der Waals surface area contributed by atoms with Crippen LogP contribution in [0.5, 0.6) is 0 Å². The number of piperidine rings is 1. The van der Waals surface area contributed by atoms with Gasteiger partial charge in [0, 0.05) is 25.7 Å². The van der Waals surface area contributed by atoms with Gasteiger partial charge in [-0.25, -0.2) is 9.78 Å². The van der Waals surface area contributed by atoms with Gasteiger partial charge in [-0.05, 0) is 50.0 Å². The van der Waals surface area contributed by atoms with Gasteiger partial charge in [0.15, 0.2) is 8.32 Å². The Bertz CT molecular complexity index is 883. The zero-order valence-electron chi connectivity index (χ0n) is 19.9. The second-order valence-corrected chi connectivity index (χ2v) is 14.6. The Morgan fingerprint density at radius 2 is 1.90 bits per heavy atom. The minimum Gasteiger partial charge on any atom is -0.450 e. The highest BCUT2D eigenvalue weighted by molar-refractivity contribution is 6.74. The Kier molecular flexibility index (Phi) is 7.31. The van der Waals surface area contributed by atoms with Gasteiger partial charge in [-0.15, -0.1) is 0 Å². The molecule has 1 aliphatic rings. The lowest BCUT2D eigenvalue weighted by Crippen LogP contribution is -2.43. The molecule has 0 radical (unpaired) electrons. The van der Waals surface area contributed by atoms with E-state index in [0.717, 1.165) is 36.4 Å².